The Bertz CT molecular complexity index is 765. The Kier molecular flexibility index (Phi) is 6.24. The van der Waals surface area contributed by atoms with E-state index in [0.717, 1.165) is 5.56 Å². The van der Waals surface area contributed by atoms with Gasteiger partial charge in [0, 0.05) is 18.7 Å². The zero-order valence-corrected chi connectivity index (χ0v) is 15.8. The maximum Gasteiger partial charge on any atom is 0.339 e. The summed E-state index contributed by atoms with van der Waals surface area (Å²) in [5, 5.41) is 0. The highest BCUT2D eigenvalue weighted by Crippen LogP contribution is 2.23. The lowest BCUT2D eigenvalue weighted by molar-refractivity contribution is -0.145. The third kappa shape index (κ3) is 4.74. The number of carbonyl (C=O) groups excluding carboxylic acids is 2. The van der Waals surface area contributed by atoms with E-state index in [1.54, 1.807) is 29.2 Å². The summed E-state index contributed by atoms with van der Waals surface area (Å²) in [4.78, 5) is 27.4. The van der Waals surface area contributed by atoms with Gasteiger partial charge < -0.3 is 14.4 Å². The van der Waals surface area contributed by atoms with Crippen LogP contribution in [0.3, 0.4) is 0 Å². The van der Waals surface area contributed by atoms with E-state index in [-0.39, 0.29) is 5.91 Å². The number of nitrogens with zero attached hydrogens (tertiary/aromatic N) is 1. The number of carbonyl (C=O) groups is 2. The number of rotatable bonds is 5. The first-order valence-corrected chi connectivity index (χ1v) is 9.28. The third-order valence-electron chi connectivity index (χ3n) is 4.69. The van der Waals surface area contributed by atoms with Crippen LogP contribution >= 0.6 is 0 Å². The van der Waals surface area contributed by atoms with Crippen molar-refractivity contribution in [1.82, 2.24) is 4.90 Å². The summed E-state index contributed by atoms with van der Waals surface area (Å²) < 4.78 is 11.0. The second kappa shape index (κ2) is 8.82. The van der Waals surface area contributed by atoms with Gasteiger partial charge in [0.1, 0.15) is 0 Å². The summed E-state index contributed by atoms with van der Waals surface area (Å²) in [5.41, 5.74) is 2.26. The predicted octanol–water partition coefficient (Wildman–Crippen LogP) is 3.57. The quantitative estimate of drug-likeness (QED) is 0.758. The molecule has 0 saturated carbocycles. The lowest BCUT2D eigenvalue weighted by atomic mass is 10.0. The number of esters is 1. The zero-order chi connectivity index (χ0) is 19.2. The molecule has 27 heavy (non-hydrogen) atoms. The van der Waals surface area contributed by atoms with E-state index in [1.807, 2.05) is 30.3 Å². The van der Waals surface area contributed by atoms with E-state index < -0.39 is 12.1 Å². The van der Waals surface area contributed by atoms with Crippen molar-refractivity contribution in [1.29, 1.82) is 0 Å². The first kappa shape index (κ1) is 19.1. The van der Waals surface area contributed by atoms with Gasteiger partial charge in [0.25, 0.3) is 5.91 Å². The molecule has 2 aromatic carbocycles. The standard InChI is InChI=1S/C22H25NO4/c1-16(2)17-8-10-19(11-9-17)22(25)27-20(18-6-4-3-5-7-18)21(24)23-12-14-26-15-13-23/h3-11,16,20H,12-15H2,1-2H3/t20-/m1/s1. The van der Waals surface area contributed by atoms with Crippen LogP contribution < -0.4 is 0 Å². The molecule has 0 radical (unpaired) electrons. The van der Waals surface area contributed by atoms with Crippen LogP contribution in [0, 0.1) is 0 Å². The monoisotopic (exact) mass is 367 g/mol. The molecule has 3 rings (SSSR count). The molecule has 0 bridgehead atoms. The minimum atomic E-state index is -0.957. The van der Waals surface area contributed by atoms with Gasteiger partial charge in [-0.15, -0.1) is 0 Å². The molecule has 5 heteroatoms. The zero-order valence-electron chi connectivity index (χ0n) is 15.8. The SMILES string of the molecule is CC(C)c1ccc(C(=O)O[C@@H](C(=O)N2CCOCC2)c2ccccc2)cc1. The largest absolute Gasteiger partial charge is 0.444 e. The number of hydrogen-bond acceptors (Lipinski definition) is 4. The number of ether oxygens (including phenoxy) is 2. The molecule has 0 unspecified atom stereocenters. The Hall–Kier alpha value is -2.66. The van der Waals surface area contributed by atoms with Crippen molar-refractivity contribution in [2.24, 2.45) is 0 Å². The molecule has 0 aliphatic carbocycles. The highest BCUT2D eigenvalue weighted by molar-refractivity contribution is 5.92. The highest BCUT2D eigenvalue weighted by atomic mass is 16.5. The molecule has 1 saturated heterocycles. The molecule has 1 atom stereocenters. The molecule has 1 amide bonds. The maximum atomic E-state index is 13.0. The number of hydrogen-bond donors (Lipinski definition) is 0. The fourth-order valence-electron chi connectivity index (χ4n) is 3.02. The maximum absolute atomic E-state index is 13.0. The molecular formula is C22H25NO4. The molecule has 1 aliphatic rings. The molecule has 1 fully saturated rings. The second-order valence-electron chi connectivity index (χ2n) is 6.91. The van der Waals surface area contributed by atoms with Crippen LogP contribution in [0.5, 0.6) is 0 Å². The molecule has 0 N–H and O–H groups in total. The van der Waals surface area contributed by atoms with E-state index in [4.69, 9.17) is 9.47 Å². The van der Waals surface area contributed by atoms with Gasteiger partial charge >= 0.3 is 5.97 Å². The smallest absolute Gasteiger partial charge is 0.339 e. The fourth-order valence-corrected chi connectivity index (χ4v) is 3.02. The average Bonchev–Trinajstić information content (AvgIpc) is 2.72. The van der Waals surface area contributed by atoms with Gasteiger partial charge in [-0.2, -0.15) is 0 Å². The van der Waals surface area contributed by atoms with Crippen molar-refractivity contribution in [3.63, 3.8) is 0 Å². The summed E-state index contributed by atoms with van der Waals surface area (Å²) in [7, 11) is 0. The van der Waals surface area contributed by atoms with E-state index in [2.05, 4.69) is 13.8 Å². The first-order chi connectivity index (χ1) is 13.1. The highest BCUT2D eigenvalue weighted by Gasteiger charge is 2.30. The topological polar surface area (TPSA) is 55.8 Å². The van der Waals surface area contributed by atoms with Crippen LogP contribution in [0.15, 0.2) is 54.6 Å². The molecule has 5 nitrogen and oxygen atoms in total. The van der Waals surface area contributed by atoms with Crippen molar-refractivity contribution in [2.45, 2.75) is 25.9 Å². The van der Waals surface area contributed by atoms with Gasteiger partial charge in [0.05, 0.1) is 18.8 Å². The lowest BCUT2D eigenvalue weighted by Crippen LogP contribution is -2.44. The third-order valence-corrected chi connectivity index (χ3v) is 4.69. The Morgan fingerprint density at radius 1 is 0.926 bits per heavy atom. The minimum absolute atomic E-state index is 0.211. The average molecular weight is 367 g/mol. The summed E-state index contributed by atoms with van der Waals surface area (Å²) in [6.07, 6.45) is -0.957. The summed E-state index contributed by atoms with van der Waals surface area (Å²) >= 11 is 0. The van der Waals surface area contributed by atoms with Gasteiger partial charge in [0.2, 0.25) is 6.10 Å². The lowest BCUT2D eigenvalue weighted by Gasteiger charge is -2.30. The minimum Gasteiger partial charge on any atom is -0.444 e. The second-order valence-corrected chi connectivity index (χ2v) is 6.91. The Morgan fingerprint density at radius 3 is 2.15 bits per heavy atom. The van der Waals surface area contributed by atoms with E-state index in [9.17, 15) is 9.59 Å². The van der Waals surface area contributed by atoms with Gasteiger partial charge in [-0.25, -0.2) is 4.79 Å². The number of amides is 1. The molecule has 0 spiro atoms. The number of morpholine rings is 1. The first-order valence-electron chi connectivity index (χ1n) is 9.28. The van der Waals surface area contributed by atoms with Gasteiger partial charge in [0.15, 0.2) is 0 Å². The summed E-state index contributed by atoms with van der Waals surface area (Å²) in [6.45, 7) is 6.20. The van der Waals surface area contributed by atoms with Gasteiger partial charge in [-0.1, -0.05) is 56.3 Å². The molecule has 1 heterocycles. The summed E-state index contributed by atoms with van der Waals surface area (Å²) in [5.74, 6) is -0.326. The predicted molar refractivity (Wildman–Crippen MR) is 103 cm³/mol. The Labute approximate surface area is 159 Å². The van der Waals surface area contributed by atoms with Crippen LogP contribution in [0.2, 0.25) is 0 Å². The summed E-state index contributed by atoms with van der Waals surface area (Å²) in [6, 6.07) is 16.5. The molecule has 0 aromatic heterocycles. The van der Waals surface area contributed by atoms with Crippen LogP contribution in [0.1, 0.15) is 47.4 Å². The van der Waals surface area contributed by atoms with Gasteiger partial charge in [-0.3, -0.25) is 4.79 Å². The molecule has 142 valence electrons. The molecular weight excluding hydrogens is 342 g/mol. The van der Waals surface area contributed by atoms with Crippen LogP contribution in [-0.4, -0.2) is 43.1 Å². The molecule has 1 aliphatic heterocycles. The van der Waals surface area contributed by atoms with E-state index >= 15 is 0 Å². The van der Waals surface area contributed by atoms with Crippen molar-refractivity contribution >= 4 is 11.9 Å². The normalized spacial score (nSPS) is 15.4. The van der Waals surface area contributed by atoms with Crippen molar-refractivity contribution in [2.75, 3.05) is 26.3 Å². The Balaban J connectivity index is 1.80. The van der Waals surface area contributed by atoms with E-state index in [0.29, 0.717) is 43.3 Å². The van der Waals surface area contributed by atoms with Crippen LogP contribution in [-0.2, 0) is 14.3 Å². The van der Waals surface area contributed by atoms with Crippen molar-refractivity contribution in [3.05, 3.63) is 71.3 Å². The fraction of sp³-hybridized carbons (Fsp3) is 0.364. The Morgan fingerprint density at radius 2 is 1.56 bits per heavy atom. The van der Waals surface area contributed by atoms with Gasteiger partial charge in [-0.05, 0) is 23.6 Å². The van der Waals surface area contributed by atoms with E-state index in [1.165, 1.54) is 0 Å². The van der Waals surface area contributed by atoms with Crippen LogP contribution in [0.4, 0.5) is 0 Å². The molecule has 2 aromatic rings. The number of benzene rings is 2. The van der Waals surface area contributed by atoms with Crippen molar-refractivity contribution in [3.8, 4) is 0 Å². The van der Waals surface area contributed by atoms with Crippen molar-refractivity contribution < 1.29 is 19.1 Å². The van der Waals surface area contributed by atoms with Crippen LogP contribution in [0.25, 0.3) is 0 Å².